The molecule has 0 saturated carbocycles. The molecule has 84 valence electrons. The van der Waals surface area contributed by atoms with Crippen LogP contribution in [0.1, 0.15) is 16.7 Å². The minimum atomic E-state index is 0. The number of aryl methyl sites for hydroxylation is 3. The van der Waals surface area contributed by atoms with E-state index in [1.54, 1.807) is 0 Å². The van der Waals surface area contributed by atoms with Gasteiger partial charge in [0, 0.05) is 17.4 Å². The number of hydrogen-bond donors (Lipinski definition) is 0. The van der Waals surface area contributed by atoms with Crippen LogP contribution >= 0.6 is 0 Å². The normalized spacial score (nSPS) is 5.81. The van der Waals surface area contributed by atoms with Crippen LogP contribution in [-0.2, 0) is 26.7 Å². The van der Waals surface area contributed by atoms with Crippen LogP contribution in [0.3, 0.4) is 0 Å². The second-order valence-corrected chi connectivity index (χ2v) is 2.67. The summed E-state index contributed by atoms with van der Waals surface area (Å²) in [5.41, 5.74) is 4.06. The third-order valence-electron chi connectivity index (χ3n) is 1.37. The van der Waals surface area contributed by atoms with E-state index in [-0.39, 0.29) is 17.4 Å². The molecule has 0 aliphatic rings. The molecule has 0 fully saturated rings. The maximum atomic E-state index is 7.50. The Morgan fingerprint density at radius 2 is 0.875 bits per heavy atom. The van der Waals surface area contributed by atoms with Crippen molar-refractivity contribution in [2.45, 2.75) is 20.8 Å². The van der Waals surface area contributed by atoms with Gasteiger partial charge in [-0.2, -0.15) is 0 Å². The molecule has 0 unspecified atom stereocenters. The minimum absolute atomic E-state index is 0. The van der Waals surface area contributed by atoms with Crippen LogP contribution in [0.25, 0.3) is 0 Å². The smallest absolute Gasteiger partial charge is 0 e. The number of hydrogen-bond acceptors (Lipinski definition) is 0. The first-order valence-electron chi connectivity index (χ1n) is 3.97. The summed E-state index contributed by atoms with van der Waals surface area (Å²) in [7, 11) is 0. The molecule has 0 radical (unpaired) electrons. The van der Waals surface area contributed by atoms with Crippen LogP contribution in [0.2, 0.25) is 0 Å². The van der Waals surface area contributed by atoms with E-state index in [0.29, 0.717) is 0 Å². The van der Waals surface area contributed by atoms with Crippen molar-refractivity contribution in [1.82, 2.24) is 0 Å². The Morgan fingerprint density at radius 1 is 0.750 bits per heavy atom. The Bertz CT molecular complexity index is 260. The molecule has 0 N–H and O–H groups in total. The van der Waals surface area contributed by atoms with Crippen molar-refractivity contribution in [1.29, 1.82) is 0 Å². The monoisotopic (exact) mass is 254 g/mol. The third-order valence-corrected chi connectivity index (χ3v) is 1.37. The number of rotatable bonds is 0. The molecule has 0 aliphatic heterocycles. The summed E-state index contributed by atoms with van der Waals surface area (Å²) in [6.07, 6.45) is 8.00. The van der Waals surface area contributed by atoms with Gasteiger partial charge in [-0.1, -0.05) is 34.9 Å². The average Bonchev–Trinajstić information content (AvgIpc) is 2.24. The van der Waals surface area contributed by atoms with Crippen molar-refractivity contribution in [3.8, 4) is 12.8 Å². The predicted molar refractivity (Wildman–Crippen MR) is 58.4 cm³/mol. The van der Waals surface area contributed by atoms with Crippen LogP contribution in [0, 0.1) is 46.9 Å². The molecule has 1 aromatic carbocycles. The van der Waals surface area contributed by atoms with Crippen molar-refractivity contribution in [3.05, 3.63) is 48.2 Å². The summed E-state index contributed by atoms with van der Waals surface area (Å²) in [5.74, 6) is 0. The maximum Gasteiger partial charge on any atom is 0 e. The van der Waals surface area contributed by atoms with Gasteiger partial charge in [-0.25, -0.2) is 0 Å². The molecule has 0 saturated heterocycles. The molecule has 16 heavy (non-hydrogen) atoms. The average molecular weight is 254 g/mol. The summed E-state index contributed by atoms with van der Waals surface area (Å²) >= 11 is 0. The summed E-state index contributed by atoms with van der Waals surface area (Å²) < 4.78 is 15.0. The summed E-state index contributed by atoms with van der Waals surface area (Å²) in [4.78, 5) is 0. The van der Waals surface area contributed by atoms with Gasteiger partial charge >= 0.3 is 22.6 Å². The molecule has 0 spiro atoms. The Labute approximate surface area is 109 Å². The molecule has 0 atom stereocenters. The quantitative estimate of drug-likeness (QED) is 0.388. The standard InChI is InChI=1S/C9H12.C2H2.2CO.Cr/c1-7-4-8(2)6-9(3)5-7;3*1-2;/h4-6H,1-3H3;1-2H;;;. The van der Waals surface area contributed by atoms with E-state index in [2.05, 4.69) is 65.1 Å². The molecule has 1 rings (SSSR count). The van der Waals surface area contributed by atoms with Gasteiger partial charge in [-0.3, -0.25) is 0 Å². The topological polar surface area (TPSA) is 39.8 Å². The fourth-order valence-electron chi connectivity index (χ4n) is 1.20. The van der Waals surface area contributed by atoms with Gasteiger partial charge in [-0.15, -0.1) is 12.8 Å². The van der Waals surface area contributed by atoms with E-state index in [9.17, 15) is 0 Å². The van der Waals surface area contributed by atoms with Gasteiger partial charge < -0.3 is 0 Å². The molecule has 2 nitrogen and oxygen atoms in total. The molecular weight excluding hydrogens is 240 g/mol. The van der Waals surface area contributed by atoms with E-state index < -0.39 is 0 Å². The van der Waals surface area contributed by atoms with Crippen LogP contribution in [-0.4, -0.2) is 0 Å². The third kappa shape index (κ3) is 15.3. The fraction of sp³-hybridized carbons (Fsp3) is 0.231. The SMILES string of the molecule is C#C.Cc1cc(C)cc(C)c1.[C-]#[O+].[C-]#[O+].[Cr]. The van der Waals surface area contributed by atoms with Crippen molar-refractivity contribution >= 4 is 0 Å². The van der Waals surface area contributed by atoms with Gasteiger partial charge in [0.25, 0.3) is 0 Å². The van der Waals surface area contributed by atoms with Crippen molar-refractivity contribution < 1.29 is 26.7 Å². The molecule has 0 aliphatic carbocycles. The van der Waals surface area contributed by atoms with Crippen molar-refractivity contribution in [2.24, 2.45) is 0 Å². The van der Waals surface area contributed by atoms with Crippen molar-refractivity contribution in [3.63, 3.8) is 0 Å². The molecule has 1 aromatic rings. The Hall–Kier alpha value is -1.21. The number of terminal acetylenes is 1. The Morgan fingerprint density at radius 3 is 1.00 bits per heavy atom. The minimum Gasteiger partial charge on any atom is 0 e. The molecular formula is C13H14CrO2. The molecule has 0 heterocycles. The Kier molecular flexibility index (Phi) is 29.3. The van der Waals surface area contributed by atoms with E-state index >= 15 is 0 Å². The van der Waals surface area contributed by atoms with E-state index in [1.807, 2.05) is 0 Å². The van der Waals surface area contributed by atoms with Crippen LogP contribution in [0.4, 0.5) is 0 Å². The second-order valence-electron chi connectivity index (χ2n) is 2.67. The van der Waals surface area contributed by atoms with Gasteiger partial charge in [0.15, 0.2) is 0 Å². The molecule has 0 amide bonds. The van der Waals surface area contributed by atoms with E-state index in [4.69, 9.17) is 9.30 Å². The van der Waals surface area contributed by atoms with Crippen LogP contribution in [0.5, 0.6) is 0 Å². The number of benzene rings is 1. The van der Waals surface area contributed by atoms with Crippen LogP contribution < -0.4 is 0 Å². The van der Waals surface area contributed by atoms with Crippen LogP contribution in [0.15, 0.2) is 18.2 Å². The van der Waals surface area contributed by atoms with Gasteiger partial charge in [0.1, 0.15) is 0 Å². The van der Waals surface area contributed by atoms with Gasteiger partial charge in [-0.05, 0) is 20.8 Å². The first-order chi connectivity index (χ1) is 7.18. The first-order valence-corrected chi connectivity index (χ1v) is 3.97. The van der Waals surface area contributed by atoms with Gasteiger partial charge in [0.05, 0.1) is 0 Å². The summed E-state index contributed by atoms with van der Waals surface area (Å²) in [5, 5.41) is 0. The van der Waals surface area contributed by atoms with Gasteiger partial charge in [0.2, 0.25) is 0 Å². The maximum absolute atomic E-state index is 7.50. The summed E-state index contributed by atoms with van der Waals surface area (Å²) in [6, 6.07) is 6.56. The predicted octanol–water partition coefficient (Wildman–Crippen LogP) is 2.78. The van der Waals surface area contributed by atoms with E-state index in [1.165, 1.54) is 16.7 Å². The zero-order valence-corrected chi connectivity index (χ0v) is 10.9. The van der Waals surface area contributed by atoms with E-state index in [0.717, 1.165) is 0 Å². The molecule has 0 bridgehead atoms. The zero-order chi connectivity index (χ0) is 12.9. The largest absolute Gasteiger partial charge is 0 e. The molecule has 3 heteroatoms. The zero-order valence-electron chi connectivity index (χ0n) is 9.61. The second kappa shape index (κ2) is 19.4. The Balaban J connectivity index is -0.0000000900. The van der Waals surface area contributed by atoms with Crippen molar-refractivity contribution in [2.75, 3.05) is 0 Å². The first kappa shape index (κ1) is 24.2. The molecule has 0 aromatic heterocycles. The summed E-state index contributed by atoms with van der Waals surface area (Å²) in [6.45, 7) is 15.4. The fourth-order valence-corrected chi connectivity index (χ4v) is 1.20.